The van der Waals surface area contributed by atoms with Gasteiger partial charge >= 0.3 is 6.18 Å². The Hall–Kier alpha value is -3.96. The van der Waals surface area contributed by atoms with Gasteiger partial charge in [-0.3, -0.25) is 9.59 Å². The van der Waals surface area contributed by atoms with E-state index in [1.165, 1.54) is 50.2 Å². The van der Waals surface area contributed by atoms with Crippen molar-refractivity contribution in [2.45, 2.75) is 63.6 Å². The molecule has 0 radical (unpaired) electrons. The smallest absolute Gasteiger partial charge is 0.336 e. The van der Waals surface area contributed by atoms with Crippen molar-refractivity contribution >= 4 is 17.7 Å². The maximum Gasteiger partial charge on any atom is 0.416 e. The lowest BCUT2D eigenvalue weighted by Crippen LogP contribution is -2.40. The molecule has 6 nitrogen and oxygen atoms in total. The molecule has 0 saturated heterocycles. The van der Waals surface area contributed by atoms with E-state index in [4.69, 9.17) is 17.8 Å². The third-order valence-corrected chi connectivity index (χ3v) is 7.95. The Morgan fingerprint density at radius 2 is 1.65 bits per heavy atom. The number of halogens is 4. The zero-order valence-corrected chi connectivity index (χ0v) is 26.8. The first-order chi connectivity index (χ1) is 28.7. The molecule has 254 valence electrons. The van der Waals surface area contributed by atoms with Gasteiger partial charge in [-0.15, -0.1) is 0 Å². The minimum atomic E-state index is -4.59. The minimum absolute atomic E-state index is 0.0589. The molecule has 0 spiro atoms. The standard InChI is InChI=1S/C37H40F4N4O2S/c1-4-43(5-2)18-19-44(22-26-6-10-28(11-7-26)29-12-14-30(15-13-29)37(39,40)41)34(46)23-45-33-21-25(3)20-32(33)35(47)42-36(45)48-24-27-8-16-31(38)17-9-27/h6-17,25H,4-5,18-24H2,1-3H3/i8D,9D,16D,17D,18D2,19D2,20D2,21D2,24D2,25D. The van der Waals surface area contributed by atoms with Gasteiger partial charge < -0.3 is 14.4 Å². The fourth-order valence-electron chi connectivity index (χ4n) is 4.60. The monoisotopic (exact) mass is 695 g/mol. The summed E-state index contributed by atoms with van der Waals surface area (Å²) < 4.78 is 185. The van der Waals surface area contributed by atoms with Gasteiger partial charge in [0.15, 0.2) is 5.16 Å². The van der Waals surface area contributed by atoms with Gasteiger partial charge in [-0.25, -0.2) is 4.39 Å². The number of hydrogen-bond acceptors (Lipinski definition) is 5. The molecule has 0 bridgehead atoms. The third-order valence-electron chi connectivity index (χ3n) is 7.15. The van der Waals surface area contributed by atoms with Gasteiger partial charge in [0.2, 0.25) is 5.91 Å². The number of nitrogens with zero attached hydrogens (tertiary/aromatic N) is 4. The van der Waals surface area contributed by atoms with E-state index in [1.807, 2.05) is 0 Å². The molecule has 48 heavy (non-hydrogen) atoms. The predicted molar refractivity (Wildman–Crippen MR) is 181 cm³/mol. The molecule has 11 heteroatoms. The Kier molecular flexibility index (Phi) is 6.63. The van der Waals surface area contributed by atoms with Crippen LogP contribution in [0.2, 0.25) is 0 Å². The van der Waals surface area contributed by atoms with E-state index in [0.29, 0.717) is 20.6 Å². The first kappa shape index (κ1) is 20.5. The number of benzene rings is 3. The van der Waals surface area contributed by atoms with Crippen molar-refractivity contribution < 1.29 is 42.9 Å². The highest BCUT2D eigenvalue weighted by atomic mass is 32.2. The second-order valence-electron chi connectivity index (χ2n) is 10.4. The van der Waals surface area contributed by atoms with Crippen LogP contribution in [0.15, 0.2) is 82.7 Å². The predicted octanol–water partition coefficient (Wildman–Crippen LogP) is 7.47. The zero-order chi connectivity index (χ0) is 47.8. The maximum atomic E-state index is 14.8. The average molecular weight is 696 g/mol. The molecule has 1 amide bonds. The number of hydrogen-bond donors (Lipinski definition) is 0. The molecular weight excluding hydrogens is 640 g/mol. The minimum Gasteiger partial charge on any atom is -0.336 e. The molecule has 1 aliphatic rings. The van der Waals surface area contributed by atoms with Crippen molar-refractivity contribution in [1.29, 1.82) is 0 Å². The van der Waals surface area contributed by atoms with E-state index in [-0.39, 0.29) is 30.4 Å². The normalized spacial score (nSPS) is 23.5. The Labute approximate surface area is 303 Å². The number of carbonyl (C=O) groups excluding carboxylic acids is 1. The zero-order valence-electron chi connectivity index (χ0n) is 41.0. The van der Waals surface area contributed by atoms with Gasteiger partial charge in [0.1, 0.15) is 12.4 Å². The Morgan fingerprint density at radius 1 is 1.02 bits per heavy atom. The summed E-state index contributed by atoms with van der Waals surface area (Å²) in [6.07, 6.45) is -10.9. The molecule has 5 rings (SSSR count). The van der Waals surface area contributed by atoms with Crippen molar-refractivity contribution in [1.82, 2.24) is 19.4 Å². The first-order valence-electron chi connectivity index (χ1n) is 22.2. The van der Waals surface area contributed by atoms with Crippen LogP contribution in [-0.4, -0.2) is 51.3 Å². The van der Waals surface area contributed by atoms with Crippen LogP contribution in [0.4, 0.5) is 17.6 Å². The first-order valence-corrected chi connectivity index (χ1v) is 15.5. The quantitative estimate of drug-likeness (QED) is 0.0826. The topological polar surface area (TPSA) is 58.4 Å². The van der Waals surface area contributed by atoms with E-state index in [9.17, 15) is 29.9 Å². The lowest BCUT2D eigenvalue weighted by Gasteiger charge is -2.28. The third kappa shape index (κ3) is 8.73. The number of likely N-dealkylation sites (N-methyl/N-ethyl adjacent to an activating group) is 1. The molecular formula is C37H40F4N4O2S. The molecule has 0 aliphatic heterocycles. The number of carbonyl (C=O) groups is 1. The van der Waals surface area contributed by atoms with Crippen molar-refractivity contribution in [2.24, 2.45) is 5.89 Å². The van der Waals surface area contributed by atoms with Gasteiger partial charge in [-0.1, -0.05) is 81.0 Å². The van der Waals surface area contributed by atoms with E-state index in [0.717, 1.165) is 24.0 Å². The van der Waals surface area contributed by atoms with Gasteiger partial charge in [0.05, 0.1) is 13.8 Å². The molecule has 0 fully saturated rings. The fourth-order valence-corrected chi connectivity index (χ4v) is 5.29. The molecule has 1 unspecified atom stereocenters. The Balaban J connectivity index is 1.71. The summed E-state index contributed by atoms with van der Waals surface area (Å²) in [4.78, 5) is 33.8. The molecule has 3 aromatic carbocycles. The molecule has 1 aliphatic carbocycles. The van der Waals surface area contributed by atoms with Crippen molar-refractivity contribution in [3.63, 3.8) is 0 Å². The summed E-state index contributed by atoms with van der Waals surface area (Å²) in [5.74, 6) is -5.82. The van der Waals surface area contributed by atoms with Crippen molar-refractivity contribution in [2.75, 3.05) is 26.1 Å². The van der Waals surface area contributed by atoms with Crippen LogP contribution in [0.3, 0.4) is 0 Å². The second kappa shape index (κ2) is 15.5. The number of thioether (sulfide) groups is 1. The summed E-state index contributed by atoms with van der Waals surface area (Å²) in [5, 5.41) is -0.941. The largest absolute Gasteiger partial charge is 0.416 e. The molecule has 0 saturated carbocycles. The molecule has 4 aromatic rings. The number of alkyl halides is 3. The van der Waals surface area contributed by atoms with Crippen molar-refractivity contribution in [3.8, 4) is 11.1 Å². The van der Waals surface area contributed by atoms with Crippen molar-refractivity contribution in [3.05, 3.63) is 117 Å². The van der Waals surface area contributed by atoms with Crippen LogP contribution < -0.4 is 5.56 Å². The highest BCUT2D eigenvalue weighted by Crippen LogP contribution is 2.32. The fraction of sp³-hybridized carbons (Fsp3) is 0.378. The van der Waals surface area contributed by atoms with Gasteiger partial charge in [-0.2, -0.15) is 18.2 Å². The van der Waals surface area contributed by atoms with Crippen LogP contribution >= 0.6 is 11.8 Å². The summed E-state index contributed by atoms with van der Waals surface area (Å²) in [7, 11) is 0. The molecule has 1 atom stereocenters. The Bertz CT molecular complexity index is 2450. The summed E-state index contributed by atoms with van der Waals surface area (Å²) in [6, 6.07) is 5.04. The lowest BCUT2D eigenvalue weighted by molar-refractivity contribution is -0.137. The number of fused-ring (bicyclic) bond motifs is 1. The van der Waals surface area contributed by atoms with E-state index in [2.05, 4.69) is 4.98 Å². The molecule has 1 aromatic heterocycles. The van der Waals surface area contributed by atoms with E-state index in [1.54, 1.807) is 0 Å². The summed E-state index contributed by atoms with van der Waals surface area (Å²) in [5.41, 5.74) is -7.74. The van der Waals surface area contributed by atoms with Gasteiger partial charge in [0.25, 0.3) is 5.56 Å². The molecule has 1 heterocycles. The van der Waals surface area contributed by atoms with Crippen LogP contribution in [0.1, 0.15) is 69.3 Å². The summed E-state index contributed by atoms with van der Waals surface area (Å²) >= 11 is -0.161. The molecule has 0 N–H and O–H groups in total. The maximum absolute atomic E-state index is 14.8. The second-order valence-corrected chi connectivity index (χ2v) is 11.2. The number of aromatic nitrogens is 2. The van der Waals surface area contributed by atoms with Gasteiger partial charge in [0, 0.05) is 48.8 Å². The van der Waals surface area contributed by atoms with Crippen LogP contribution in [0, 0.1) is 11.7 Å². The van der Waals surface area contributed by atoms with Crippen LogP contribution in [0.25, 0.3) is 11.1 Å². The summed E-state index contributed by atoms with van der Waals surface area (Å²) in [6.45, 7) is -4.56. The van der Waals surface area contributed by atoms with Crippen LogP contribution in [0.5, 0.6) is 0 Å². The van der Waals surface area contributed by atoms with Crippen LogP contribution in [-0.2, 0) is 42.5 Å². The van der Waals surface area contributed by atoms with Gasteiger partial charge in [-0.05, 0) is 78.2 Å². The highest BCUT2D eigenvalue weighted by molar-refractivity contribution is 7.98. The lowest BCUT2D eigenvalue weighted by atomic mass is 10.0. The SMILES string of the molecule is [2H]c1c([2H])c(C([2H])([2H])Sc2nc(=O)c3c(n2CC(=O)N(Cc2ccc(-c4ccc(C(F)(F)F)cc4)cc2)C([2H])([2H])C([2H])([2H])N(CC)CC)C([2H])([2H])C([2H])(C)C3([2H])[2H])c([2H])c([2H])c1F. The average Bonchev–Trinajstić information content (AvgIpc) is 3.29. The number of amides is 1. The highest BCUT2D eigenvalue weighted by Gasteiger charge is 2.30. The van der Waals surface area contributed by atoms with E-state index >= 15 is 0 Å². The Morgan fingerprint density at radius 3 is 2.25 bits per heavy atom. The number of rotatable bonds is 13. The van der Waals surface area contributed by atoms with E-state index < -0.39 is 126 Å².